The Morgan fingerprint density at radius 3 is 2.15 bits per heavy atom. The van der Waals surface area contributed by atoms with Crippen molar-refractivity contribution < 1.29 is 28.9 Å². The number of Topliss-reactive ketones (excluding diaryl/α,β-unsaturated/α-hetero) is 1. The van der Waals surface area contributed by atoms with Crippen molar-refractivity contribution in [3.8, 4) is 17.2 Å². The summed E-state index contributed by atoms with van der Waals surface area (Å²) in [6, 6.07) is 11.2. The number of aliphatic hydroxyl groups excluding tert-OH is 1. The number of likely N-dealkylation sites (N-methyl/N-ethyl adjacent to an activating group) is 1. The third-order valence-corrected chi connectivity index (χ3v) is 6.18. The summed E-state index contributed by atoms with van der Waals surface area (Å²) < 4.78 is 16.0. The Morgan fingerprint density at radius 2 is 1.59 bits per heavy atom. The molecule has 1 amide bonds. The van der Waals surface area contributed by atoms with Gasteiger partial charge in [0.15, 0.2) is 11.5 Å². The molecule has 0 radical (unpaired) electrons. The van der Waals surface area contributed by atoms with Gasteiger partial charge in [-0.2, -0.15) is 0 Å². The summed E-state index contributed by atoms with van der Waals surface area (Å²) in [5, 5.41) is 11.2. The highest BCUT2D eigenvalue weighted by Gasteiger charge is 2.46. The highest BCUT2D eigenvalue weighted by Crippen LogP contribution is 2.42. The maximum absolute atomic E-state index is 13.2. The number of benzene rings is 2. The highest BCUT2D eigenvalue weighted by atomic mass is 16.5. The second-order valence-electron chi connectivity index (χ2n) is 7.86. The Labute approximate surface area is 200 Å². The van der Waals surface area contributed by atoms with E-state index in [9.17, 15) is 14.7 Å². The van der Waals surface area contributed by atoms with Crippen LogP contribution in [0.2, 0.25) is 0 Å². The van der Waals surface area contributed by atoms with Crippen LogP contribution in [0.15, 0.2) is 48.0 Å². The average molecular weight is 469 g/mol. The molecule has 1 fully saturated rings. The van der Waals surface area contributed by atoms with Gasteiger partial charge in [0.05, 0.1) is 32.9 Å². The number of aliphatic hydroxyl groups is 1. The van der Waals surface area contributed by atoms with Crippen molar-refractivity contribution in [1.29, 1.82) is 0 Å². The number of ketones is 1. The molecule has 34 heavy (non-hydrogen) atoms. The lowest BCUT2D eigenvalue weighted by molar-refractivity contribution is -0.140. The summed E-state index contributed by atoms with van der Waals surface area (Å²) in [5.74, 6) is 0.0359. The van der Waals surface area contributed by atoms with Crippen molar-refractivity contribution in [3.05, 3.63) is 59.2 Å². The number of hydrogen-bond donors (Lipinski definition) is 1. The topological polar surface area (TPSA) is 88.5 Å². The zero-order valence-corrected chi connectivity index (χ0v) is 20.3. The van der Waals surface area contributed by atoms with Gasteiger partial charge in [-0.05, 0) is 55.1 Å². The van der Waals surface area contributed by atoms with Crippen LogP contribution in [-0.4, -0.2) is 74.1 Å². The van der Waals surface area contributed by atoms with Gasteiger partial charge in [-0.3, -0.25) is 9.59 Å². The number of methoxy groups -OCH3 is 3. The Kier molecular flexibility index (Phi) is 8.17. The molecule has 1 heterocycles. The Balaban J connectivity index is 2.13. The Bertz CT molecular complexity index is 1060. The second kappa shape index (κ2) is 11.1. The molecule has 0 aliphatic carbocycles. The standard InChI is InChI=1S/C26H32N2O6/c1-6-27(7-2)14-15-28-23(18-10-13-20(33-4)21(16-18)34-5)22(25(30)26(28)31)24(29)17-8-11-19(32-3)12-9-17/h8-13,16,23,29H,6-7,14-15H2,1-5H3/b24-22+/t23-/m1/s1. The van der Waals surface area contributed by atoms with E-state index in [2.05, 4.69) is 4.90 Å². The van der Waals surface area contributed by atoms with E-state index < -0.39 is 17.7 Å². The maximum Gasteiger partial charge on any atom is 0.295 e. The fourth-order valence-corrected chi connectivity index (χ4v) is 4.17. The van der Waals surface area contributed by atoms with Gasteiger partial charge in [-0.25, -0.2) is 0 Å². The molecule has 0 spiro atoms. The molecule has 2 aromatic carbocycles. The first-order chi connectivity index (χ1) is 16.4. The van der Waals surface area contributed by atoms with Crippen molar-refractivity contribution in [2.75, 3.05) is 47.5 Å². The molecule has 8 nitrogen and oxygen atoms in total. The van der Waals surface area contributed by atoms with Crippen LogP contribution in [0.5, 0.6) is 17.2 Å². The van der Waals surface area contributed by atoms with E-state index in [0.29, 0.717) is 41.5 Å². The molecule has 0 unspecified atom stereocenters. The average Bonchev–Trinajstić information content (AvgIpc) is 3.13. The number of amides is 1. The minimum Gasteiger partial charge on any atom is -0.507 e. The molecule has 182 valence electrons. The van der Waals surface area contributed by atoms with Crippen molar-refractivity contribution >= 4 is 17.4 Å². The van der Waals surface area contributed by atoms with Crippen molar-refractivity contribution in [1.82, 2.24) is 9.80 Å². The monoisotopic (exact) mass is 468 g/mol. The number of carbonyl (C=O) groups excluding carboxylic acids is 2. The largest absolute Gasteiger partial charge is 0.507 e. The number of hydrogen-bond acceptors (Lipinski definition) is 7. The third-order valence-electron chi connectivity index (χ3n) is 6.18. The minimum atomic E-state index is -0.766. The molecule has 3 rings (SSSR count). The number of carbonyl (C=O) groups is 2. The predicted molar refractivity (Wildman–Crippen MR) is 129 cm³/mol. The number of ether oxygens (including phenoxy) is 3. The zero-order chi connectivity index (χ0) is 24.8. The van der Waals surface area contributed by atoms with Crippen LogP contribution in [0.3, 0.4) is 0 Å². The number of rotatable bonds is 10. The molecule has 1 aliphatic rings. The van der Waals surface area contributed by atoms with Crippen LogP contribution >= 0.6 is 0 Å². The van der Waals surface area contributed by atoms with Gasteiger partial charge in [0.2, 0.25) is 0 Å². The lowest BCUT2D eigenvalue weighted by Gasteiger charge is -2.28. The van der Waals surface area contributed by atoms with Gasteiger partial charge < -0.3 is 29.1 Å². The smallest absolute Gasteiger partial charge is 0.295 e. The van der Waals surface area contributed by atoms with Crippen LogP contribution in [-0.2, 0) is 9.59 Å². The summed E-state index contributed by atoms with van der Waals surface area (Å²) in [4.78, 5) is 30.0. The lowest BCUT2D eigenvalue weighted by Crippen LogP contribution is -2.38. The van der Waals surface area contributed by atoms with Gasteiger partial charge >= 0.3 is 0 Å². The van der Waals surface area contributed by atoms with Crippen molar-refractivity contribution in [2.45, 2.75) is 19.9 Å². The molecule has 8 heteroatoms. The minimum absolute atomic E-state index is 0.0435. The maximum atomic E-state index is 13.2. The van der Waals surface area contributed by atoms with Crippen LogP contribution in [0.4, 0.5) is 0 Å². The summed E-state index contributed by atoms with van der Waals surface area (Å²) >= 11 is 0. The quantitative estimate of drug-likeness (QED) is 0.324. The molecule has 1 aliphatic heterocycles. The van der Waals surface area contributed by atoms with E-state index in [1.165, 1.54) is 19.1 Å². The third kappa shape index (κ3) is 4.87. The first-order valence-corrected chi connectivity index (χ1v) is 11.3. The van der Waals surface area contributed by atoms with Gasteiger partial charge in [-0.1, -0.05) is 19.9 Å². The molecular formula is C26H32N2O6. The van der Waals surface area contributed by atoms with Gasteiger partial charge in [0.25, 0.3) is 11.7 Å². The molecule has 2 aromatic rings. The summed E-state index contributed by atoms with van der Waals surface area (Å²) in [7, 11) is 4.61. The van der Waals surface area contributed by atoms with E-state index in [0.717, 1.165) is 13.1 Å². The fraction of sp³-hybridized carbons (Fsp3) is 0.385. The fourth-order valence-electron chi connectivity index (χ4n) is 4.17. The van der Waals surface area contributed by atoms with Gasteiger partial charge in [-0.15, -0.1) is 0 Å². The molecule has 0 bridgehead atoms. The van der Waals surface area contributed by atoms with Crippen LogP contribution in [0, 0.1) is 0 Å². The van der Waals surface area contributed by atoms with Crippen molar-refractivity contribution in [3.63, 3.8) is 0 Å². The first-order valence-electron chi connectivity index (χ1n) is 11.3. The van der Waals surface area contributed by atoms with Crippen LogP contribution < -0.4 is 14.2 Å². The summed E-state index contributed by atoms with van der Waals surface area (Å²) in [6.45, 7) is 6.69. The molecular weight excluding hydrogens is 436 g/mol. The molecule has 0 aromatic heterocycles. The van der Waals surface area contributed by atoms with Crippen LogP contribution in [0.1, 0.15) is 31.0 Å². The second-order valence-corrected chi connectivity index (χ2v) is 7.86. The van der Waals surface area contributed by atoms with E-state index >= 15 is 0 Å². The lowest BCUT2D eigenvalue weighted by atomic mass is 9.95. The normalized spacial score (nSPS) is 17.4. The molecule has 1 N–H and O–H groups in total. The summed E-state index contributed by atoms with van der Waals surface area (Å²) in [6.07, 6.45) is 0. The SMILES string of the molecule is CCN(CC)CCN1C(=O)C(=O)/C(=C(/O)c2ccc(OC)cc2)[C@H]1c1ccc(OC)c(OC)c1. The molecule has 1 atom stereocenters. The van der Waals surface area contributed by atoms with E-state index in [1.807, 2.05) is 13.8 Å². The first kappa shape index (κ1) is 25.1. The summed E-state index contributed by atoms with van der Waals surface area (Å²) in [5.41, 5.74) is 1.11. The van der Waals surface area contributed by atoms with Crippen molar-refractivity contribution in [2.24, 2.45) is 0 Å². The van der Waals surface area contributed by atoms with Gasteiger partial charge in [0, 0.05) is 18.7 Å². The molecule has 1 saturated heterocycles. The Hall–Kier alpha value is -3.52. The predicted octanol–water partition coefficient (Wildman–Crippen LogP) is 3.48. The van der Waals surface area contributed by atoms with Crippen LogP contribution in [0.25, 0.3) is 5.76 Å². The number of likely N-dealkylation sites (tertiary alicyclic amines) is 1. The Morgan fingerprint density at radius 1 is 0.941 bits per heavy atom. The zero-order valence-electron chi connectivity index (χ0n) is 20.3. The van der Waals surface area contributed by atoms with Gasteiger partial charge in [0.1, 0.15) is 11.5 Å². The van der Waals surface area contributed by atoms with E-state index in [1.54, 1.807) is 49.6 Å². The number of nitrogens with zero attached hydrogens (tertiary/aromatic N) is 2. The van der Waals surface area contributed by atoms with E-state index in [-0.39, 0.29) is 11.3 Å². The highest BCUT2D eigenvalue weighted by molar-refractivity contribution is 6.46. The molecule has 0 saturated carbocycles. The van der Waals surface area contributed by atoms with E-state index in [4.69, 9.17) is 14.2 Å².